The number of likely N-dealkylation sites (tertiary alicyclic amines) is 1. The lowest BCUT2D eigenvalue weighted by Gasteiger charge is -2.23. The molecule has 2 aromatic rings. The number of imidazole rings is 1. The summed E-state index contributed by atoms with van der Waals surface area (Å²) in [7, 11) is 0. The number of hydrogen-bond donors (Lipinski definition) is 1. The third-order valence-corrected chi connectivity index (χ3v) is 3.85. The van der Waals surface area contributed by atoms with Crippen LogP contribution < -0.4 is 0 Å². The first-order valence-electron chi connectivity index (χ1n) is 7.08. The Morgan fingerprint density at radius 3 is 3.15 bits per heavy atom. The lowest BCUT2D eigenvalue weighted by Crippen LogP contribution is -2.32. The van der Waals surface area contributed by atoms with E-state index < -0.39 is 0 Å². The predicted octanol–water partition coefficient (Wildman–Crippen LogP) is 2.62. The molecule has 3 rings (SSSR count). The molecule has 4 heteroatoms. The number of H-pyrrole nitrogens is 1. The fourth-order valence-electron chi connectivity index (χ4n) is 2.91. The summed E-state index contributed by atoms with van der Waals surface area (Å²) in [6, 6.07) is 8.27. The zero-order valence-electron chi connectivity index (χ0n) is 11.7. The number of carbonyl (C=O) groups excluding carboxylic acids is 1. The summed E-state index contributed by atoms with van der Waals surface area (Å²) < 4.78 is 0. The molecule has 104 valence electrons. The Hall–Kier alpha value is -2.10. The van der Waals surface area contributed by atoms with Crippen LogP contribution in [0.15, 0.2) is 36.7 Å². The van der Waals surface area contributed by atoms with Crippen LogP contribution in [0.1, 0.15) is 35.8 Å². The van der Waals surface area contributed by atoms with Crippen LogP contribution in [0.25, 0.3) is 0 Å². The van der Waals surface area contributed by atoms with Gasteiger partial charge in [-0.15, -0.1) is 0 Å². The highest BCUT2D eigenvalue weighted by atomic mass is 16.2. The minimum absolute atomic E-state index is 0.113. The molecule has 0 radical (unpaired) electrons. The zero-order chi connectivity index (χ0) is 13.9. The molecule has 1 fully saturated rings. The van der Waals surface area contributed by atoms with E-state index in [1.165, 1.54) is 5.56 Å². The van der Waals surface area contributed by atoms with Crippen molar-refractivity contribution in [2.24, 2.45) is 0 Å². The van der Waals surface area contributed by atoms with Gasteiger partial charge in [0.2, 0.25) is 5.91 Å². The molecule has 1 amide bonds. The average molecular weight is 269 g/mol. The summed E-state index contributed by atoms with van der Waals surface area (Å²) >= 11 is 0. The molecule has 0 aliphatic carbocycles. The second-order valence-corrected chi connectivity index (χ2v) is 5.39. The van der Waals surface area contributed by atoms with Gasteiger partial charge in [-0.3, -0.25) is 4.79 Å². The second kappa shape index (κ2) is 5.49. The molecule has 1 N–H and O–H groups in total. The number of amides is 1. The molecule has 1 aromatic carbocycles. The molecular formula is C16H19N3O. The van der Waals surface area contributed by atoms with Crippen LogP contribution in [0.4, 0.5) is 0 Å². The summed E-state index contributed by atoms with van der Waals surface area (Å²) in [5.41, 5.74) is 2.28. The maximum atomic E-state index is 12.5. The summed E-state index contributed by atoms with van der Waals surface area (Å²) in [5.74, 6) is 1.09. The molecule has 0 spiro atoms. The maximum absolute atomic E-state index is 12.5. The Labute approximate surface area is 118 Å². The van der Waals surface area contributed by atoms with E-state index in [0.717, 1.165) is 30.8 Å². The van der Waals surface area contributed by atoms with E-state index in [1.54, 1.807) is 6.20 Å². The average Bonchev–Trinajstić information content (AvgIpc) is 3.09. The highest BCUT2D eigenvalue weighted by Gasteiger charge is 2.31. The van der Waals surface area contributed by atoms with E-state index in [9.17, 15) is 4.79 Å². The Balaban J connectivity index is 1.73. The van der Waals surface area contributed by atoms with Crippen molar-refractivity contribution in [2.45, 2.75) is 32.2 Å². The van der Waals surface area contributed by atoms with Gasteiger partial charge in [-0.25, -0.2) is 4.98 Å². The number of benzene rings is 1. The number of nitrogens with zero attached hydrogens (tertiary/aromatic N) is 2. The third-order valence-electron chi connectivity index (χ3n) is 3.85. The SMILES string of the molecule is Cc1cccc(CC(=O)N2CCC[C@H]2c2ncc[nH]2)c1. The molecule has 20 heavy (non-hydrogen) atoms. The molecule has 0 saturated carbocycles. The Morgan fingerprint density at radius 2 is 2.40 bits per heavy atom. The van der Waals surface area contributed by atoms with Gasteiger partial charge in [-0.2, -0.15) is 0 Å². The Kier molecular flexibility index (Phi) is 3.54. The molecule has 1 aliphatic rings. The summed E-state index contributed by atoms with van der Waals surface area (Å²) in [5, 5.41) is 0. The van der Waals surface area contributed by atoms with Crippen molar-refractivity contribution in [2.75, 3.05) is 6.54 Å². The molecule has 0 bridgehead atoms. The summed E-state index contributed by atoms with van der Waals surface area (Å²) in [6.07, 6.45) is 6.07. The zero-order valence-corrected chi connectivity index (χ0v) is 11.7. The molecule has 4 nitrogen and oxygen atoms in total. The van der Waals surface area contributed by atoms with Crippen LogP contribution in [0.3, 0.4) is 0 Å². The molecule has 0 unspecified atom stereocenters. The van der Waals surface area contributed by atoms with E-state index >= 15 is 0 Å². The van der Waals surface area contributed by atoms with Crippen molar-refractivity contribution in [1.82, 2.24) is 14.9 Å². The van der Waals surface area contributed by atoms with Gasteiger partial charge < -0.3 is 9.88 Å². The molecule has 2 heterocycles. The molecular weight excluding hydrogens is 250 g/mol. The highest BCUT2D eigenvalue weighted by Crippen LogP contribution is 2.30. The van der Waals surface area contributed by atoms with E-state index in [2.05, 4.69) is 29.0 Å². The maximum Gasteiger partial charge on any atom is 0.227 e. The Morgan fingerprint density at radius 1 is 1.50 bits per heavy atom. The van der Waals surface area contributed by atoms with Crippen LogP contribution >= 0.6 is 0 Å². The fraction of sp³-hybridized carbons (Fsp3) is 0.375. The summed E-state index contributed by atoms with van der Waals surface area (Å²) in [6.45, 7) is 2.88. The Bertz CT molecular complexity index is 592. The normalized spacial score (nSPS) is 18.4. The van der Waals surface area contributed by atoms with Gasteiger partial charge >= 0.3 is 0 Å². The van der Waals surface area contributed by atoms with Crippen LogP contribution in [0.2, 0.25) is 0 Å². The second-order valence-electron chi connectivity index (χ2n) is 5.39. The van der Waals surface area contributed by atoms with Gasteiger partial charge in [0, 0.05) is 18.9 Å². The van der Waals surface area contributed by atoms with Gasteiger partial charge in [0.05, 0.1) is 12.5 Å². The van der Waals surface area contributed by atoms with Crippen molar-refractivity contribution >= 4 is 5.91 Å². The van der Waals surface area contributed by atoms with Gasteiger partial charge in [-0.1, -0.05) is 29.8 Å². The topological polar surface area (TPSA) is 49.0 Å². The van der Waals surface area contributed by atoms with E-state index in [4.69, 9.17) is 0 Å². The van der Waals surface area contributed by atoms with Gasteiger partial charge in [0.25, 0.3) is 0 Å². The first kappa shape index (κ1) is 12.9. The quantitative estimate of drug-likeness (QED) is 0.931. The van der Waals surface area contributed by atoms with Gasteiger partial charge in [-0.05, 0) is 25.3 Å². The van der Waals surface area contributed by atoms with Crippen molar-refractivity contribution < 1.29 is 4.79 Å². The number of rotatable bonds is 3. The van der Waals surface area contributed by atoms with Crippen LogP contribution in [-0.2, 0) is 11.2 Å². The van der Waals surface area contributed by atoms with Crippen molar-refractivity contribution in [1.29, 1.82) is 0 Å². The first-order valence-corrected chi connectivity index (χ1v) is 7.08. The lowest BCUT2D eigenvalue weighted by atomic mass is 10.1. The molecule has 1 saturated heterocycles. The number of aryl methyl sites for hydroxylation is 1. The summed E-state index contributed by atoms with van der Waals surface area (Å²) in [4.78, 5) is 21.9. The lowest BCUT2D eigenvalue weighted by molar-refractivity contribution is -0.131. The first-order chi connectivity index (χ1) is 9.74. The minimum atomic E-state index is 0.113. The fourth-order valence-corrected chi connectivity index (χ4v) is 2.91. The minimum Gasteiger partial charge on any atom is -0.347 e. The largest absolute Gasteiger partial charge is 0.347 e. The van der Waals surface area contributed by atoms with Crippen molar-refractivity contribution in [3.63, 3.8) is 0 Å². The van der Waals surface area contributed by atoms with Crippen molar-refractivity contribution in [3.8, 4) is 0 Å². The van der Waals surface area contributed by atoms with Crippen molar-refractivity contribution in [3.05, 3.63) is 53.6 Å². The number of aromatic amines is 1. The molecule has 1 atom stereocenters. The number of aromatic nitrogens is 2. The van der Waals surface area contributed by atoms with E-state index in [0.29, 0.717) is 6.42 Å². The van der Waals surface area contributed by atoms with Gasteiger partial charge in [0.1, 0.15) is 5.82 Å². The number of carbonyl (C=O) groups is 1. The third kappa shape index (κ3) is 2.59. The van der Waals surface area contributed by atoms with E-state index in [1.807, 2.05) is 23.2 Å². The van der Waals surface area contributed by atoms with Crippen LogP contribution in [-0.4, -0.2) is 27.3 Å². The van der Waals surface area contributed by atoms with Gasteiger partial charge in [0.15, 0.2) is 0 Å². The van der Waals surface area contributed by atoms with E-state index in [-0.39, 0.29) is 11.9 Å². The molecule has 1 aromatic heterocycles. The van der Waals surface area contributed by atoms with Crippen LogP contribution in [0.5, 0.6) is 0 Å². The number of nitrogens with one attached hydrogen (secondary N) is 1. The molecule has 1 aliphatic heterocycles. The van der Waals surface area contributed by atoms with Crippen LogP contribution in [0, 0.1) is 6.92 Å². The smallest absolute Gasteiger partial charge is 0.227 e. The highest BCUT2D eigenvalue weighted by molar-refractivity contribution is 5.79. The number of hydrogen-bond acceptors (Lipinski definition) is 2. The standard InChI is InChI=1S/C16H19N3O/c1-12-4-2-5-13(10-12)11-15(20)19-9-3-6-14(19)16-17-7-8-18-16/h2,4-5,7-8,10,14H,3,6,9,11H2,1H3,(H,17,18)/t14-/m0/s1. The monoisotopic (exact) mass is 269 g/mol. The predicted molar refractivity (Wildman–Crippen MR) is 77.2 cm³/mol.